The van der Waals surface area contributed by atoms with Crippen LogP contribution in [0.15, 0.2) is 77.3 Å². The molecule has 0 saturated carbocycles. The monoisotopic (exact) mass is 527 g/mol. The molecule has 0 unspecified atom stereocenters. The zero-order valence-corrected chi connectivity index (χ0v) is 21.9. The third-order valence-corrected chi connectivity index (χ3v) is 6.17. The predicted octanol–water partition coefficient (Wildman–Crippen LogP) is 3.80. The van der Waals surface area contributed by atoms with Crippen LogP contribution in [0.25, 0.3) is 17.2 Å². The van der Waals surface area contributed by atoms with Crippen molar-refractivity contribution in [2.45, 2.75) is 26.4 Å². The topological polar surface area (TPSA) is 143 Å². The summed E-state index contributed by atoms with van der Waals surface area (Å²) in [6.45, 7) is 2.74. The summed E-state index contributed by atoms with van der Waals surface area (Å²) >= 11 is 0. The third-order valence-electron chi connectivity index (χ3n) is 6.17. The lowest BCUT2D eigenvalue weighted by Crippen LogP contribution is -2.34. The number of amides is 2. The maximum absolute atomic E-state index is 13.5. The van der Waals surface area contributed by atoms with Crippen molar-refractivity contribution in [1.29, 1.82) is 0 Å². The molecular formula is C30H33N5O4. The molecule has 0 aliphatic carbocycles. The summed E-state index contributed by atoms with van der Waals surface area (Å²) in [5, 5.41) is 12.9. The van der Waals surface area contributed by atoms with Crippen LogP contribution in [0.5, 0.6) is 0 Å². The van der Waals surface area contributed by atoms with Gasteiger partial charge in [-0.15, -0.1) is 0 Å². The minimum Gasteiger partial charge on any atom is -0.399 e. The first-order chi connectivity index (χ1) is 18.9. The van der Waals surface area contributed by atoms with E-state index in [4.69, 9.17) is 21.4 Å². The molecule has 0 aromatic heterocycles. The maximum Gasteiger partial charge on any atom is 0.273 e. The largest absolute Gasteiger partial charge is 0.399 e. The zero-order valence-electron chi connectivity index (χ0n) is 21.9. The van der Waals surface area contributed by atoms with Crippen LogP contribution in [0.3, 0.4) is 0 Å². The van der Waals surface area contributed by atoms with Gasteiger partial charge in [-0.1, -0.05) is 43.3 Å². The SMILES string of the molecule is CCCN(OCc1ccc(N)cc1)C(=O)C1=Cc2ccc(-c3ccc(C(=O)NCCO)cc3)cc2N=C(N)C1. The van der Waals surface area contributed by atoms with Crippen LogP contribution < -0.4 is 16.8 Å². The number of nitrogens with two attached hydrogens (primary N) is 2. The lowest BCUT2D eigenvalue weighted by Gasteiger charge is -2.22. The average molecular weight is 528 g/mol. The number of anilines is 1. The Labute approximate surface area is 227 Å². The van der Waals surface area contributed by atoms with E-state index < -0.39 is 0 Å². The smallest absolute Gasteiger partial charge is 0.273 e. The molecule has 3 aromatic rings. The number of carbonyl (C=O) groups excluding carboxylic acids is 2. The van der Waals surface area contributed by atoms with E-state index in [2.05, 4.69) is 10.3 Å². The number of nitrogens with one attached hydrogen (secondary N) is 1. The minimum atomic E-state index is -0.252. The molecule has 202 valence electrons. The molecule has 0 radical (unpaired) electrons. The molecule has 0 atom stereocenters. The molecule has 9 heteroatoms. The Kier molecular flexibility index (Phi) is 9.09. The van der Waals surface area contributed by atoms with Crippen LogP contribution >= 0.6 is 0 Å². The van der Waals surface area contributed by atoms with Gasteiger partial charge >= 0.3 is 0 Å². The number of benzene rings is 3. The number of nitrogens with zero attached hydrogens (tertiary/aromatic N) is 2. The van der Waals surface area contributed by atoms with Gasteiger partial charge in [0.1, 0.15) is 12.4 Å². The second-order valence-corrected chi connectivity index (χ2v) is 9.20. The second kappa shape index (κ2) is 12.9. The fourth-order valence-electron chi connectivity index (χ4n) is 4.15. The van der Waals surface area contributed by atoms with Crippen molar-refractivity contribution >= 4 is 35.1 Å². The predicted molar refractivity (Wildman–Crippen MR) is 153 cm³/mol. The molecule has 1 aliphatic rings. The highest BCUT2D eigenvalue weighted by Gasteiger charge is 2.22. The number of fused-ring (bicyclic) bond motifs is 1. The van der Waals surface area contributed by atoms with E-state index >= 15 is 0 Å². The van der Waals surface area contributed by atoms with Crippen molar-refractivity contribution in [2.24, 2.45) is 10.7 Å². The first-order valence-corrected chi connectivity index (χ1v) is 12.8. The van der Waals surface area contributed by atoms with Crippen molar-refractivity contribution in [3.05, 3.63) is 89.0 Å². The number of amidine groups is 1. The van der Waals surface area contributed by atoms with E-state index in [0.717, 1.165) is 28.7 Å². The number of hydrogen-bond donors (Lipinski definition) is 4. The lowest BCUT2D eigenvalue weighted by atomic mass is 10.00. The van der Waals surface area contributed by atoms with E-state index in [1.54, 1.807) is 24.3 Å². The molecule has 4 rings (SSSR count). The summed E-state index contributed by atoms with van der Waals surface area (Å²) in [5.41, 5.74) is 17.8. The molecule has 0 fully saturated rings. The Hall–Kier alpha value is -4.47. The molecule has 2 amide bonds. The Morgan fingerprint density at radius 1 is 1.03 bits per heavy atom. The van der Waals surface area contributed by atoms with Gasteiger partial charge in [0.05, 0.1) is 12.3 Å². The van der Waals surface area contributed by atoms with Crippen molar-refractivity contribution in [2.75, 3.05) is 25.4 Å². The molecule has 9 nitrogen and oxygen atoms in total. The zero-order chi connectivity index (χ0) is 27.8. The number of nitrogen functional groups attached to an aromatic ring is 1. The first-order valence-electron chi connectivity index (χ1n) is 12.8. The molecule has 0 spiro atoms. The van der Waals surface area contributed by atoms with Crippen molar-refractivity contribution in [3.63, 3.8) is 0 Å². The normalized spacial score (nSPS) is 12.6. The summed E-state index contributed by atoms with van der Waals surface area (Å²) in [6, 6.07) is 20.3. The molecule has 3 aromatic carbocycles. The van der Waals surface area contributed by atoms with Crippen LogP contribution in [0.4, 0.5) is 11.4 Å². The number of rotatable bonds is 10. The number of aliphatic imine (C=N–C) groups is 1. The number of hydroxylamine groups is 2. The quantitative estimate of drug-likeness (QED) is 0.233. The molecule has 0 bridgehead atoms. The van der Waals surface area contributed by atoms with Gasteiger partial charge in [0.2, 0.25) is 0 Å². The molecule has 39 heavy (non-hydrogen) atoms. The van der Waals surface area contributed by atoms with Gasteiger partial charge in [-0.05, 0) is 59.5 Å². The summed E-state index contributed by atoms with van der Waals surface area (Å²) in [5.74, 6) is -0.166. The molecule has 0 saturated heterocycles. The van der Waals surface area contributed by atoms with Gasteiger partial charge in [0, 0.05) is 41.9 Å². The standard InChI is InChI=1S/C30H33N5O4/c1-2-14-35(39-19-20-3-11-26(31)12-4-20)30(38)25-16-24-10-9-23(17-27(24)34-28(32)18-25)21-5-7-22(8-6-21)29(37)33-13-15-36/h3-12,16-17,36H,2,13-15,18-19,31H2,1H3,(H2,32,34)(H,33,37). The Balaban J connectivity index is 1.53. The molecular weight excluding hydrogens is 494 g/mol. The van der Waals surface area contributed by atoms with Gasteiger partial charge < -0.3 is 21.9 Å². The van der Waals surface area contributed by atoms with E-state index in [1.165, 1.54) is 5.06 Å². The van der Waals surface area contributed by atoms with E-state index in [9.17, 15) is 9.59 Å². The van der Waals surface area contributed by atoms with Gasteiger partial charge in [-0.2, -0.15) is 0 Å². The fraction of sp³-hybridized carbons (Fsp3) is 0.233. The van der Waals surface area contributed by atoms with Crippen LogP contribution in [0, 0.1) is 0 Å². The highest BCUT2D eigenvalue weighted by Crippen LogP contribution is 2.32. The first kappa shape index (κ1) is 27.6. The Bertz CT molecular complexity index is 1380. The summed E-state index contributed by atoms with van der Waals surface area (Å²) in [4.78, 5) is 36.1. The summed E-state index contributed by atoms with van der Waals surface area (Å²) < 4.78 is 0. The van der Waals surface area contributed by atoms with Gasteiger partial charge in [-0.3, -0.25) is 14.4 Å². The van der Waals surface area contributed by atoms with E-state index in [-0.39, 0.29) is 38.0 Å². The Morgan fingerprint density at radius 2 is 1.74 bits per heavy atom. The van der Waals surface area contributed by atoms with Crippen molar-refractivity contribution in [3.8, 4) is 11.1 Å². The highest BCUT2D eigenvalue weighted by atomic mass is 16.7. The van der Waals surface area contributed by atoms with Crippen LogP contribution in [-0.2, 0) is 16.2 Å². The maximum atomic E-state index is 13.5. The van der Waals surface area contributed by atoms with Crippen LogP contribution in [0.1, 0.15) is 41.3 Å². The number of hydrogen-bond acceptors (Lipinski definition) is 7. The summed E-state index contributed by atoms with van der Waals surface area (Å²) in [7, 11) is 0. The second-order valence-electron chi connectivity index (χ2n) is 9.20. The van der Waals surface area contributed by atoms with Crippen LogP contribution in [0.2, 0.25) is 0 Å². The van der Waals surface area contributed by atoms with Gasteiger partial charge in [-0.25, -0.2) is 10.1 Å². The van der Waals surface area contributed by atoms with Crippen LogP contribution in [-0.4, -0.2) is 47.5 Å². The Morgan fingerprint density at radius 3 is 2.44 bits per heavy atom. The van der Waals surface area contributed by atoms with Gasteiger partial charge in [0.15, 0.2) is 0 Å². The third kappa shape index (κ3) is 7.10. The fourth-order valence-corrected chi connectivity index (χ4v) is 4.15. The highest BCUT2D eigenvalue weighted by molar-refractivity contribution is 6.05. The number of aliphatic hydroxyl groups is 1. The van der Waals surface area contributed by atoms with Crippen molar-refractivity contribution in [1.82, 2.24) is 10.4 Å². The minimum absolute atomic E-state index is 0.113. The van der Waals surface area contributed by atoms with E-state index in [0.29, 0.717) is 34.9 Å². The molecule has 1 heterocycles. The molecule has 6 N–H and O–H groups in total. The lowest BCUT2D eigenvalue weighted by molar-refractivity contribution is -0.187. The molecule has 1 aliphatic heterocycles. The van der Waals surface area contributed by atoms with E-state index in [1.807, 2.05) is 55.5 Å². The number of aliphatic hydroxyl groups excluding tert-OH is 1. The number of carbonyl (C=O) groups is 2. The average Bonchev–Trinajstić information content (AvgIpc) is 3.12. The van der Waals surface area contributed by atoms with Gasteiger partial charge in [0.25, 0.3) is 11.8 Å². The van der Waals surface area contributed by atoms with Crippen molar-refractivity contribution < 1.29 is 19.5 Å². The summed E-state index contributed by atoms with van der Waals surface area (Å²) in [6.07, 6.45) is 2.74.